The van der Waals surface area contributed by atoms with Gasteiger partial charge in [-0.2, -0.15) is 8.42 Å². The van der Waals surface area contributed by atoms with Crippen LogP contribution in [0.15, 0.2) is 34.9 Å². The van der Waals surface area contributed by atoms with Crippen molar-refractivity contribution in [2.24, 2.45) is 0 Å². The van der Waals surface area contributed by atoms with E-state index in [0.29, 0.717) is 24.5 Å². The van der Waals surface area contributed by atoms with E-state index in [1.54, 1.807) is 6.07 Å². The highest BCUT2D eigenvalue weighted by Crippen LogP contribution is 2.39. The van der Waals surface area contributed by atoms with E-state index in [0.717, 1.165) is 80.8 Å². The maximum atomic E-state index is 13.4. The van der Waals surface area contributed by atoms with Crippen molar-refractivity contribution in [1.82, 2.24) is 10.1 Å². The average Bonchev–Trinajstić information content (AvgIpc) is 3.49. The third-order valence-electron chi connectivity index (χ3n) is 7.35. The molecule has 1 saturated heterocycles. The molecule has 1 fully saturated rings. The zero-order valence-electron chi connectivity index (χ0n) is 20.8. The number of benzene rings is 2. The zero-order valence-corrected chi connectivity index (χ0v) is 21.6. The minimum absolute atomic E-state index is 0.254. The Morgan fingerprint density at radius 3 is 2.50 bits per heavy atom. The molecular weight excluding hydrogens is 517 g/mol. The number of hydrogen-bond donors (Lipinski definition) is 2. The third-order valence-corrected chi connectivity index (χ3v) is 7.35. The van der Waals surface area contributed by atoms with Crippen molar-refractivity contribution < 1.29 is 36.0 Å². The zero-order chi connectivity index (χ0) is 26.9. The Labute approximate surface area is 219 Å². The van der Waals surface area contributed by atoms with Crippen molar-refractivity contribution in [2.75, 3.05) is 37.7 Å². The summed E-state index contributed by atoms with van der Waals surface area (Å²) in [5, 5.41) is 5.18. The molecule has 6 rings (SSSR count). The molecule has 0 bridgehead atoms. The molecule has 12 heteroatoms. The van der Waals surface area contributed by atoms with E-state index in [4.69, 9.17) is 26.8 Å². The van der Waals surface area contributed by atoms with Crippen LogP contribution in [0, 0.1) is 5.82 Å². The summed E-state index contributed by atoms with van der Waals surface area (Å²) in [6.45, 7) is 4.56. The number of rotatable bonds is 6. The molecule has 3 aliphatic rings. The predicted molar refractivity (Wildman–Crippen MR) is 137 cm³/mol. The Bertz CT molecular complexity index is 1430. The number of amides is 1. The number of likely N-dealkylation sites (tertiary alicyclic amines) is 1. The summed E-state index contributed by atoms with van der Waals surface area (Å²) in [5.74, 6) is 1.26. The lowest BCUT2D eigenvalue weighted by molar-refractivity contribution is -0.118. The summed E-state index contributed by atoms with van der Waals surface area (Å²) in [5.41, 5.74) is 5.15. The number of halogens is 1. The van der Waals surface area contributed by atoms with Crippen LogP contribution in [0.2, 0.25) is 0 Å². The van der Waals surface area contributed by atoms with Crippen LogP contribution in [0.5, 0.6) is 5.75 Å². The number of carbonyl (C=O) groups is 1. The first-order valence-corrected chi connectivity index (χ1v) is 14.1. The second kappa shape index (κ2) is 11.0. The number of nitrogens with zero attached hydrogens (tertiary/aromatic N) is 3. The van der Waals surface area contributed by atoms with E-state index >= 15 is 0 Å². The maximum Gasteiger partial charge on any atom is 0.394 e. The van der Waals surface area contributed by atoms with E-state index in [1.807, 2.05) is 4.90 Å². The topological polar surface area (TPSA) is 133 Å². The molecule has 3 aromatic rings. The first kappa shape index (κ1) is 26.5. The van der Waals surface area contributed by atoms with Gasteiger partial charge in [0.2, 0.25) is 5.91 Å². The van der Waals surface area contributed by atoms with Gasteiger partial charge in [-0.1, -0.05) is 5.16 Å². The molecule has 0 aliphatic carbocycles. The van der Waals surface area contributed by atoms with Crippen LogP contribution >= 0.6 is 0 Å². The fraction of sp³-hybridized carbons (Fsp3) is 0.462. The van der Waals surface area contributed by atoms with Gasteiger partial charge in [0.15, 0.2) is 5.58 Å². The van der Waals surface area contributed by atoms with Gasteiger partial charge < -0.3 is 19.1 Å². The maximum absolute atomic E-state index is 13.4. The SMILES string of the molecule is O=C1CCc2cc(OCCCN3CCC(c4noc5cc(F)ccc45)CC3)cc3c2N1CC3.O=S(=O)(O)O. The molecule has 2 aromatic carbocycles. The highest BCUT2D eigenvalue weighted by Gasteiger charge is 2.31. The van der Waals surface area contributed by atoms with Crippen molar-refractivity contribution >= 4 is 33.0 Å². The van der Waals surface area contributed by atoms with Gasteiger partial charge >= 0.3 is 10.4 Å². The molecule has 1 amide bonds. The second-order valence-electron chi connectivity index (χ2n) is 9.86. The molecule has 10 nitrogen and oxygen atoms in total. The smallest absolute Gasteiger partial charge is 0.394 e. The van der Waals surface area contributed by atoms with Crippen molar-refractivity contribution in [1.29, 1.82) is 0 Å². The van der Waals surface area contributed by atoms with E-state index in [9.17, 15) is 9.18 Å². The summed E-state index contributed by atoms with van der Waals surface area (Å²) >= 11 is 0. The molecule has 0 saturated carbocycles. The quantitative estimate of drug-likeness (QED) is 0.349. The van der Waals surface area contributed by atoms with Gasteiger partial charge in [0.05, 0.1) is 18.0 Å². The molecule has 4 heterocycles. The lowest BCUT2D eigenvalue weighted by Gasteiger charge is -2.31. The van der Waals surface area contributed by atoms with Crippen molar-refractivity contribution in [3.63, 3.8) is 0 Å². The Balaban J connectivity index is 0.000000540. The molecule has 0 spiro atoms. The Hall–Kier alpha value is -3.06. The number of carbonyl (C=O) groups excluding carboxylic acids is 1. The van der Waals surface area contributed by atoms with Crippen molar-refractivity contribution in [3.8, 4) is 5.75 Å². The van der Waals surface area contributed by atoms with E-state index < -0.39 is 10.4 Å². The molecular formula is C26H30FN3O7S. The van der Waals surface area contributed by atoms with Crippen LogP contribution in [0.25, 0.3) is 11.0 Å². The highest BCUT2D eigenvalue weighted by molar-refractivity contribution is 7.79. The standard InChI is InChI=1S/C26H28FN3O3.H2O4S/c27-20-3-4-22-23(16-20)33-28-25(22)17-6-10-29(11-7-17)9-1-13-32-21-14-18-2-5-24(31)30-12-8-19(15-21)26(18)30;1-5(2,3)4/h3-4,14-17H,1-2,5-13H2;(H2,1,2,3,4). The third kappa shape index (κ3) is 6.15. The second-order valence-corrected chi connectivity index (χ2v) is 10.8. The fourth-order valence-corrected chi connectivity index (χ4v) is 5.64. The lowest BCUT2D eigenvalue weighted by Crippen LogP contribution is -2.34. The summed E-state index contributed by atoms with van der Waals surface area (Å²) in [6.07, 6.45) is 5.39. The monoisotopic (exact) mass is 547 g/mol. The lowest BCUT2D eigenvalue weighted by atomic mass is 9.91. The minimum atomic E-state index is -4.67. The summed E-state index contributed by atoms with van der Waals surface area (Å²) in [6, 6.07) is 8.92. The van der Waals surface area contributed by atoms with Crippen LogP contribution < -0.4 is 9.64 Å². The first-order valence-electron chi connectivity index (χ1n) is 12.7. The molecule has 38 heavy (non-hydrogen) atoms. The summed E-state index contributed by atoms with van der Waals surface area (Å²) < 4.78 is 56.4. The molecule has 2 N–H and O–H groups in total. The number of aromatic nitrogens is 1. The van der Waals surface area contributed by atoms with Crippen LogP contribution in [-0.2, 0) is 28.0 Å². The number of piperidine rings is 1. The van der Waals surface area contributed by atoms with Crippen LogP contribution in [0.4, 0.5) is 10.1 Å². The average molecular weight is 548 g/mol. The van der Waals surface area contributed by atoms with E-state index in [2.05, 4.69) is 22.2 Å². The van der Waals surface area contributed by atoms with E-state index in [-0.39, 0.29) is 11.7 Å². The number of fused-ring (bicyclic) bond motifs is 1. The highest BCUT2D eigenvalue weighted by atomic mass is 32.3. The molecule has 0 atom stereocenters. The number of ether oxygens (including phenoxy) is 1. The van der Waals surface area contributed by atoms with Gasteiger partial charge in [-0.05, 0) is 80.6 Å². The Morgan fingerprint density at radius 1 is 1.05 bits per heavy atom. The molecule has 3 aliphatic heterocycles. The van der Waals surface area contributed by atoms with Crippen molar-refractivity contribution in [3.05, 3.63) is 53.0 Å². The number of hydrogen-bond acceptors (Lipinski definition) is 7. The number of aryl methyl sites for hydroxylation is 1. The van der Waals surface area contributed by atoms with Crippen LogP contribution in [-0.4, -0.2) is 66.3 Å². The van der Waals surface area contributed by atoms with Gasteiger partial charge in [0.25, 0.3) is 0 Å². The fourth-order valence-electron chi connectivity index (χ4n) is 5.64. The van der Waals surface area contributed by atoms with Crippen molar-refractivity contribution in [2.45, 2.75) is 44.4 Å². The largest absolute Gasteiger partial charge is 0.494 e. The molecule has 1 aromatic heterocycles. The minimum Gasteiger partial charge on any atom is -0.494 e. The van der Waals surface area contributed by atoms with Gasteiger partial charge in [0.1, 0.15) is 11.6 Å². The Morgan fingerprint density at radius 2 is 1.76 bits per heavy atom. The molecule has 0 unspecified atom stereocenters. The summed E-state index contributed by atoms with van der Waals surface area (Å²) in [4.78, 5) is 16.5. The number of anilines is 1. The predicted octanol–water partition coefficient (Wildman–Crippen LogP) is 3.80. The molecule has 0 radical (unpaired) electrons. The summed E-state index contributed by atoms with van der Waals surface area (Å²) in [7, 11) is -4.67. The normalized spacial score (nSPS) is 17.9. The van der Waals surface area contributed by atoms with E-state index in [1.165, 1.54) is 23.3 Å². The Kier molecular flexibility index (Phi) is 7.66. The van der Waals surface area contributed by atoms with Gasteiger partial charge in [-0.15, -0.1) is 0 Å². The first-order chi connectivity index (χ1) is 18.2. The van der Waals surface area contributed by atoms with Gasteiger partial charge in [-0.25, -0.2) is 4.39 Å². The van der Waals surface area contributed by atoms with Crippen LogP contribution in [0.3, 0.4) is 0 Å². The van der Waals surface area contributed by atoms with Gasteiger partial charge in [-0.3, -0.25) is 13.9 Å². The molecule has 204 valence electrons. The van der Waals surface area contributed by atoms with Gasteiger partial charge in [0, 0.05) is 36.9 Å². The van der Waals surface area contributed by atoms with Crippen LogP contribution in [0.1, 0.15) is 48.4 Å².